The number of anilines is 1. The molecule has 0 unspecified atom stereocenters. The predicted molar refractivity (Wildman–Crippen MR) is 54.0 cm³/mol. The van der Waals surface area contributed by atoms with Crippen LogP contribution in [-0.4, -0.2) is 29.8 Å². The van der Waals surface area contributed by atoms with Crippen LogP contribution in [0.3, 0.4) is 0 Å². The summed E-state index contributed by atoms with van der Waals surface area (Å²) in [4.78, 5) is 1.76. The Kier molecular flexibility index (Phi) is 4.05. The van der Waals surface area contributed by atoms with Gasteiger partial charge >= 0.3 is 6.18 Å². The molecule has 0 aliphatic carbocycles. The Morgan fingerprint density at radius 3 is 2.38 bits per heavy atom. The Balaban J connectivity index is 2.85. The van der Waals surface area contributed by atoms with Gasteiger partial charge in [-0.05, 0) is 19.1 Å². The van der Waals surface area contributed by atoms with Gasteiger partial charge in [0.1, 0.15) is 0 Å². The first kappa shape index (κ1) is 12.7. The van der Waals surface area contributed by atoms with E-state index < -0.39 is 11.9 Å². The number of hydrogen-bond acceptors (Lipinski definition) is 4. The lowest BCUT2D eigenvalue weighted by molar-refractivity contribution is -0.141. The second-order valence-corrected chi connectivity index (χ2v) is 3.14. The summed E-state index contributed by atoms with van der Waals surface area (Å²) in [5.74, 6) is 0.404. The highest BCUT2D eigenvalue weighted by Gasteiger charge is 2.33. The fourth-order valence-corrected chi connectivity index (χ4v) is 1.24. The van der Waals surface area contributed by atoms with Crippen molar-refractivity contribution < 1.29 is 13.2 Å². The molecule has 0 aliphatic heterocycles. The molecule has 0 amide bonds. The number of nitrogens with two attached hydrogens (primary N) is 1. The van der Waals surface area contributed by atoms with Crippen LogP contribution >= 0.6 is 0 Å². The van der Waals surface area contributed by atoms with E-state index in [2.05, 4.69) is 10.2 Å². The van der Waals surface area contributed by atoms with Gasteiger partial charge < -0.3 is 10.6 Å². The fourth-order valence-electron chi connectivity index (χ4n) is 1.24. The highest BCUT2D eigenvalue weighted by molar-refractivity contribution is 5.37. The van der Waals surface area contributed by atoms with Crippen molar-refractivity contribution in [2.24, 2.45) is 5.73 Å². The summed E-state index contributed by atoms with van der Waals surface area (Å²) in [6.07, 6.45) is -4.45. The minimum absolute atomic E-state index is 0.404. The molecule has 1 rings (SSSR count). The van der Waals surface area contributed by atoms with Crippen LogP contribution in [0.2, 0.25) is 0 Å². The topological polar surface area (TPSA) is 55.0 Å². The fraction of sp³-hybridized carbons (Fsp3) is 0.556. The summed E-state index contributed by atoms with van der Waals surface area (Å²) >= 11 is 0. The van der Waals surface area contributed by atoms with Crippen LogP contribution in [0.5, 0.6) is 0 Å². The summed E-state index contributed by atoms with van der Waals surface area (Å²) in [6.45, 7) is 3.44. The van der Waals surface area contributed by atoms with Crippen molar-refractivity contribution in [3.05, 3.63) is 17.8 Å². The number of aromatic nitrogens is 2. The highest BCUT2D eigenvalue weighted by Crippen LogP contribution is 2.27. The molecule has 0 atom stereocenters. The summed E-state index contributed by atoms with van der Waals surface area (Å²) < 4.78 is 36.6. The van der Waals surface area contributed by atoms with Gasteiger partial charge in [-0.2, -0.15) is 13.2 Å². The molecule has 90 valence electrons. The first-order chi connectivity index (χ1) is 7.49. The lowest BCUT2D eigenvalue weighted by atomic mass is 10.3. The van der Waals surface area contributed by atoms with Crippen molar-refractivity contribution in [1.82, 2.24) is 10.2 Å². The van der Waals surface area contributed by atoms with Gasteiger partial charge in [-0.15, -0.1) is 10.2 Å². The average Bonchev–Trinajstić information content (AvgIpc) is 2.25. The van der Waals surface area contributed by atoms with Gasteiger partial charge in [0, 0.05) is 19.6 Å². The molecular formula is C9H13F3N4. The van der Waals surface area contributed by atoms with Crippen molar-refractivity contribution in [3.8, 4) is 0 Å². The molecule has 4 nitrogen and oxygen atoms in total. The molecule has 0 aliphatic rings. The van der Waals surface area contributed by atoms with Crippen LogP contribution in [0.4, 0.5) is 19.0 Å². The van der Waals surface area contributed by atoms with Crippen molar-refractivity contribution in [2.45, 2.75) is 13.1 Å². The van der Waals surface area contributed by atoms with E-state index in [1.54, 1.807) is 4.90 Å². The van der Waals surface area contributed by atoms with Gasteiger partial charge in [0.2, 0.25) is 0 Å². The molecule has 0 fully saturated rings. The maximum Gasteiger partial charge on any atom is 0.435 e. The monoisotopic (exact) mass is 234 g/mol. The Morgan fingerprint density at radius 1 is 1.31 bits per heavy atom. The van der Waals surface area contributed by atoms with Crippen LogP contribution in [0.1, 0.15) is 12.6 Å². The number of alkyl halides is 3. The van der Waals surface area contributed by atoms with E-state index >= 15 is 0 Å². The zero-order valence-corrected chi connectivity index (χ0v) is 8.83. The van der Waals surface area contributed by atoms with E-state index in [9.17, 15) is 13.2 Å². The summed E-state index contributed by atoms with van der Waals surface area (Å²) in [5.41, 5.74) is 4.39. The minimum atomic E-state index is -4.45. The van der Waals surface area contributed by atoms with E-state index in [1.807, 2.05) is 6.92 Å². The molecule has 0 radical (unpaired) electrons. The van der Waals surface area contributed by atoms with Gasteiger partial charge in [-0.1, -0.05) is 0 Å². The van der Waals surface area contributed by atoms with E-state index in [4.69, 9.17) is 5.73 Å². The van der Waals surface area contributed by atoms with Gasteiger partial charge in [-0.3, -0.25) is 0 Å². The zero-order chi connectivity index (χ0) is 12.2. The summed E-state index contributed by atoms with van der Waals surface area (Å²) in [7, 11) is 0. The molecule has 16 heavy (non-hydrogen) atoms. The van der Waals surface area contributed by atoms with E-state index in [1.165, 1.54) is 6.07 Å². The molecule has 1 aromatic rings. The molecule has 7 heteroatoms. The molecule has 0 saturated heterocycles. The molecule has 0 bridgehead atoms. The van der Waals surface area contributed by atoms with Crippen LogP contribution < -0.4 is 10.6 Å². The Labute approximate surface area is 91.3 Å². The molecule has 2 N–H and O–H groups in total. The van der Waals surface area contributed by atoms with E-state index in [0.717, 1.165) is 6.07 Å². The first-order valence-corrected chi connectivity index (χ1v) is 4.85. The smallest absolute Gasteiger partial charge is 0.354 e. The molecule has 1 aromatic heterocycles. The standard InChI is InChI=1S/C9H13F3N4/c1-2-16(6-5-13)8-4-3-7(14-15-8)9(10,11)12/h3-4H,2,5-6,13H2,1H3. The van der Waals surface area contributed by atoms with E-state index in [0.29, 0.717) is 25.5 Å². The minimum Gasteiger partial charge on any atom is -0.354 e. The summed E-state index contributed by atoms with van der Waals surface area (Å²) in [5, 5.41) is 6.68. The molecule has 0 saturated carbocycles. The third-order valence-corrected chi connectivity index (χ3v) is 2.05. The largest absolute Gasteiger partial charge is 0.435 e. The Hall–Kier alpha value is -1.37. The number of hydrogen-bond donors (Lipinski definition) is 1. The SMILES string of the molecule is CCN(CCN)c1ccc(C(F)(F)F)nn1. The molecule has 0 aromatic carbocycles. The van der Waals surface area contributed by atoms with Crippen LogP contribution in [-0.2, 0) is 6.18 Å². The van der Waals surface area contributed by atoms with E-state index in [-0.39, 0.29) is 0 Å². The number of nitrogens with zero attached hydrogens (tertiary/aromatic N) is 3. The maximum atomic E-state index is 12.2. The average molecular weight is 234 g/mol. The maximum absolute atomic E-state index is 12.2. The third kappa shape index (κ3) is 3.06. The second-order valence-electron chi connectivity index (χ2n) is 3.14. The number of halogens is 3. The van der Waals surface area contributed by atoms with Gasteiger partial charge in [0.25, 0.3) is 0 Å². The lowest BCUT2D eigenvalue weighted by Crippen LogP contribution is -2.30. The zero-order valence-electron chi connectivity index (χ0n) is 8.83. The highest BCUT2D eigenvalue weighted by atomic mass is 19.4. The Bertz CT molecular complexity index is 323. The predicted octanol–water partition coefficient (Wildman–Crippen LogP) is 1.28. The Morgan fingerprint density at radius 2 is 2.00 bits per heavy atom. The number of rotatable bonds is 4. The summed E-state index contributed by atoms with van der Waals surface area (Å²) in [6, 6.07) is 2.22. The van der Waals surface area contributed by atoms with Crippen LogP contribution in [0, 0.1) is 0 Å². The normalized spacial score (nSPS) is 11.6. The second kappa shape index (κ2) is 5.11. The van der Waals surface area contributed by atoms with Gasteiger partial charge in [0.05, 0.1) is 0 Å². The quantitative estimate of drug-likeness (QED) is 0.852. The molecular weight excluding hydrogens is 221 g/mol. The third-order valence-electron chi connectivity index (χ3n) is 2.05. The van der Waals surface area contributed by atoms with Crippen molar-refractivity contribution in [3.63, 3.8) is 0 Å². The van der Waals surface area contributed by atoms with Gasteiger partial charge in [0.15, 0.2) is 11.5 Å². The van der Waals surface area contributed by atoms with Crippen molar-refractivity contribution >= 4 is 5.82 Å². The van der Waals surface area contributed by atoms with Gasteiger partial charge in [-0.25, -0.2) is 0 Å². The van der Waals surface area contributed by atoms with Crippen LogP contribution in [0.15, 0.2) is 12.1 Å². The van der Waals surface area contributed by atoms with Crippen molar-refractivity contribution in [2.75, 3.05) is 24.5 Å². The molecule has 0 spiro atoms. The lowest BCUT2D eigenvalue weighted by Gasteiger charge is -2.20. The van der Waals surface area contributed by atoms with Crippen LogP contribution in [0.25, 0.3) is 0 Å². The first-order valence-electron chi connectivity index (χ1n) is 4.85. The molecule has 1 heterocycles. The number of likely N-dealkylation sites (N-methyl/N-ethyl adjacent to an activating group) is 1. The van der Waals surface area contributed by atoms with Crippen molar-refractivity contribution in [1.29, 1.82) is 0 Å².